The Balaban J connectivity index is 2.90. The standard InChI is InChI=1S/C12H11BrFNO3/c1-2-4-9(12(17)18)15-11(16)7-5-3-6-8(14)10(7)13/h2-3,5-6,9H,1,4H2,(H,15,16)(H,17,18). The molecule has 0 fully saturated rings. The minimum atomic E-state index is -1.17. The van der Waals surface area contributed by atoms with E-state index >= 15 is 0 Å². The summed E-state index contributed by atoms with van der Waals surface area (Å²) < 4.78 is 13.2. The fourth-order valence-corrected chi connectivity index (χ4v) is 1.75. The molecular formula is C12H11BrFNO3. The summed E-state index contributed by atoms with van der Waals surface area (Å²) in [4.78, 5) is 22.7. The number of hydrogen-bond donors (Lipinski definition) is 2. The van der Waals surface area contributed by atoms with Gasteiger partial charge < -0.3 is 10.4 Å². The number of rotatable bonds is 5. The molecule has 1 amide bonds. The summed E-state index contributed by atoms with van der Waals surface area (Å²) >= 11 is 2.94. The largest absolute Gasteiger partial charge is 0.480 e. The number of nitrogens with one attached hydrogen (secondary N) is 1. The summed E-state index contributed by atoms with van der Waals surface area (Å²) in [5, 5.41) is 11.2. The van der Waals surface area contributed by atoms with E-state index in [0.29, 0.717) is 0 Å². The lowest BCUT2D eigenvalue weighted by Crippen LogP contribution is -2.40. The molecule has 96 valence electrons. The van der Waals surface area contributed by atoms with Crippen LogP contribution in [0.2, 0.25) is 0 Å². The molecule has 6 heteroatoms. The van der Waals surface area contributed by atoms with Crippen molar-refractivity contribution in [3.63, 3.8) is 0 Å². The molecule has 0 aliphatic heterocycles. The number of amides is 1. The third-order valence-electron chi connectivity index (χ3n) is 2.20. The molecule has 1 aromatic rings. The number of carboxylic acid groups (broad SMARTS) is 1. The normalized spacial score (nSPS) is 11.7. The van der Waals surface area contributed by atoms with Crippen molar-refractivity contribution in [3.8, 4) is 0 Å². The summed E-state index contributed by atoms with van der Waals surface area (Å²) in [6.07, 6.45) is 1.48. The van der Waals surface area contributed by atoms with E-state index < -0.39 is 23.7 Å². The molecule has 0 heterocycles. The average Bonchev–Trinajstić information content (AvgIpc) is 2.31. The van der Waals surface area contributed by atoms with Gasteiger partial charge in [-0.3, -0.25) is 4.79 Å². The zero-order valence-electron chi connectivity index (χ0n) is 9.32. The Kier molecular flexibility index (Phi) is 5.03. The van der Waals surface area contributed by atoms with Crippen LogP contribution in [-0.2, 0) is 4.79 Å². The molecule has 18 heavy (non-hydrogen) atoms. The van der Waals surface area contributed by atoms with Crippen LogP contribution >= 0.6 is 15.9 Å². The second-order valence-electron chi connectivity index (χ2n) is 3.49. The lowest BCUT2D eigenvalue weighted by Gasteiger charge is -2.13. The summed E-state index contributed by atoms with van der Waals surface area (Å²) in [6.45, 7) is 3.41. The average molecular weight is 316 g/mol. The fraction of sp³-hybridized carbons (Fsp3) is 0.167. The van der Waals surface area contributed by atoms with Crippen molar-refractivity contribution in [1.82, 2.24) is 5.32 Å². The van der Waals surface area contributed by atoms with E-state index in [1.807, 2.05) is 0 Å². The van der Waals surface area contributed by atoms with Gasteiger partial charge in [-0.1, -0.05) is 12.1 Å². The van der Waals surface area contributed by atoms with Crippen LogP contribution in [-0.4, -0.2) is 23.0 Å². The fourth-order valence-electron chi connectivity index (χ4n) is 1.30. The van der Waals surface area contributed by atoms with Crippen LogP contribution in [0.4, 0.5) is 4.39 Å². The van der Waals surface area contributed by atoms with Gasteiger partial charge in [0, 0.05) is 0 Å². The van der Waals surface area contributed by atoms with Crippen molar-refractivity contribution in [2.75, 3.05) is 0 Å². The molecule has 0 radical (unpaired) electrons. The molecule has 0 aromatic heterocycles. The quantitative estimate of drug-likeness (QED) is 0.820. The molecule has 0 bridgehead atoms. The highest BCUT2D eigenvalue weighted by Crippen LogP contribution is 2.20. The number of aliphatic carboxylic acids is 1. The van der Waals surface area contributed by atoms with E-state index in [9.17, 15) is 14.0 Å². The van der Waals surface area contributed by atoms with Gasteiger partial charge in [-0.05, 0) is 34.5 Å². The predicted molar refractivity (Wildman–Crippen MR) is 67.8 cm³/mol. The molecular weight excluding hydrogens is 305 g/mol. The second kappa shape index (κ2) is 6.30. The minimum absolute atomic E-state index is 0.00485. The molecule has 1 unspecified atom stereocenters. The number of benzene rings is 1. The SMILES string of the molecule is C=CCC(NC(=O)c1cccc(F)c1Br)C(=O)O. The monoisotopic (exact) mass is 315 g/mol. The molecule has 0 aliphatic rings. The van der Waals surface area contributed by atoms with E-state index in [1.54, 1.807) is 0 Å². The third-order valence-corrected chi connectivity index (χ3v) is 3.01. The van der Waals surface area contributed by atoms with Crippen molar-refractivity contribution >= 4 is 27.8 Å². The smallest absolute Gasteiger partial charge is 0.326 e. The lowest BCUT2D eigenvalue weighted by molar-refractivity contribution is -0.139. The Bertz CT molecular complexity index is 490. The highest BCUT2D eigenvalue weighted by atomic mass is 79.9. The van der Waals surface area contributed by atoms with Crippen molar-refractivity contribution < 1.29 is 19.1 Å². The van der Waals surface area contributed by atoms with Crippen LogP contribution in [0, 0.1) is 5.82 Å². The van der Waals surface area contributed by atoms with Crippen molar-refractivity contribution in [1.29, 1.82) is 0 Å². The maximum Gasteiger partial charge on any atom is 0.326 e. The van der Waals surface area contributed by atoms with Crippen LogP contribution in [0.5, 0.6) is 0 Å². The first kappa shape index (κ1) is 14.4. The predicted octanol–water partition coefficient (Wildman–Crippen LogP) is 2.35. The Morgan fingerprint density at radius 1 is 1.56 bits per heavy atom. The zero-order chi connectivity index (χ0) is 13.7. The molecule has 0 aliphatic carbocycles. The lowest BCUT2D eigenvalue weighted by atomic mass is 10.1. The first-order valence-electron chi connectivity index (χ1n) is 5.06. The van der Waals surface area contributed by atoms with Gasteiger partial charge in [-0.15, -0.1) is 6.58 Å². The van der Waals surface area contributed by atoms with Crippen molar-refractivity contribution in [3.05, 3.63) is 46.7 Å². The maximum absolute atomic E-state index is 13.2. The van der Waals surface area contributed by atoms with Gasteiger partial charge >= 0.3 is 5.97 Å². The molecule has 0 saturated carbocycles. The van der Waals surface area contributed by atoms with Gasteiger partial charge in [0.15, 0.2) is 0 Å². The van der Waals surface area contributed by atoms with E-state index in [4.69, 9.17) is 5.11 Å². The summed E-state index contributed by atoms with van der Waals surface area (Å²) in [5.41, 5.74) is 0.0466. The van der Waals surface area contributed by atoms with E-state index in [1.165, 1.54) is 24.3 Å². The van der Waals surface area contributed by atoms with Gasteiger partial charge in [-0.25, -0.2) is 9.18 Å². The van der Waals surface area contributed by atoms with Crippen molar-refractivity contribution in [2.24, 2.45) is 0 Å². The Labute approximate surface area is 112 Å². The van der Waals surface area contributed by atoms with Crippen LogP contribution in [0.25, 0.3) is 0 Å². The van der Waals surface area contributed by atoms with Crippen LogP contribution in [0.1, 0.15) is 16.8 Å². The topological polar surface area (TPSA) is 66.4 Å². The highest BCUT2D eigenvalue weighted by molar-refractivity contribution is 9.10. The number of carbonyl (C=O) groups excluding carboxylic acids is 1. The first-order chi connectivity index (χ1) is 8.47. The van der Waals surface area contributed by atoms with Gasteiger partial charge in [0.25, 0.3) is 5.91 Å². The molecule has 1 atom stereocenters. The van der Waals surface area contributed by atoms with E-state index in [-0.39, 0.29) is 16.5 Å². The van der Waals surface area contributed by atoms with Gasteiger partial charge in [0.05, 0.1) is 10.0 Å². The van der Waals surface area contributed by atoms with Crippen LogP contribution in [0.3, 0.4) is 0 Å². The zero-order valence-corrected chi connectivity index (χ0v) is 10.9. The second-order valence-corrected chi connectivity index (χ2v) is 4.28. The Hall–Kier alpha value is -1.69. The minimum Gasteiger partial charge on any atom is -0.480 e. The molecule has 2 N–H and O–H groups in total. The van der Waals surface area contributed by atoms with E-state index in [2.05, 4.69) is 27.8 Å². The summed E-state index contributed by atoms with van der Waals surface area (Å²) in [5.74, 6) is -2.41. The third kappa shape index (κ3) is 3.40. The Morgan fingerprint density at radius 3 is 2.78 bits per heavy atom. The molecule has 0 spiro atoms. The van der Waals surface area contributed by atoms with Gasteiger partial charge in [0.1, 0.15) is 11.9 Å². The number of carboxylic acids is 1. The maximum atomic E-state index is 13.2. The van der Waals surface area contributed by atoms with Crippen LogP contribution < -0.4 is 5.32 Å². The highest BCUT2D eigenvalue weighted by Gasteiger charge is 2.21. The summed E-state index contributed by atoms with van der Waals surface area (Å²) in [7, 11) is 0. The Morgan fingerprint density at radius 2 is 2.22 bits per heavy atom. The molecule has 1 aromatic carbocycles. The first-order valence-corrected chi connectivity index (χ1v) is 5.85. The van der Waals surface area contributed by atoms with Crippen LogP contribution in [0.15, 0.2) is 35.3 Å². The van der Waals surface area contributed by atoms with Gasteiger partial charge in [-0.2, -0.15) is 0 Å². The molecule has 1 rings (SSSR count). The summed E-state index contributed by atoms with van der Waals surface area (Å²) in [6, 6.07) is 2.89. The molecule has 0 saturated heterocycles. The number of carbonyl (C=O) groups is 2. The van der Waals surface area contributed by atoms with Gasteiger partial charge in [0.2, 0.25) is 0 Å². The number of halogens is 2. The van der Waals surface area contributed by atoms with E-state index in [0.717, 1.165) is 0 Å². The van der Waals surface area contributed by atoms with Crippen molar-refractivity contribution in [2.45, 2.75) is 12.5 Å². The molecule has 4 nitrogen and oxygen atoms in total. The number of hydrogen-bond acceptors (Lipinski definition) is 2.